The van der Waals surface area contributed by atoms with Gasteiger partial charge < -0.3 is 10.6 Å². The smallest absolute Gasteiger partial charge is 0.226 e. The first-order chi connectivity index (χ1) is 13.2. The highest BCUT2D eigenvalue weighted by atomic mass is 16.2. The van der Waals surface area contributed by atoms with Gasteiger partial charge in [-0.25, -0.2) is 0 Å². The fourth-order valence-corrected chi connectivity index (χ4v) is 3.59. The molecule has 2 heterocycles. The number of H-pyrrole nitrogens is 1. The van der Waals surface area contributed by atoms with Gasteiger partial charge in [-0.3, -0.25) is 9.89 Å². The van der Waals surface area contributed by atoms with Crippen LogP contribution in [-0.4, -0.2) is 34.1 Å². The molecule has 1 amide bonds. The van der Waals surface area contributed by atoms with Crippen molar-refractivity contribution in [1.29, 1.82) is 0 Å². The third kappa shape index (κ3) is 3.38. The third-order valence-electron chi connectivity index (χ3n) is 5.29. The van der Waals surface area contributed by atoms with Crippen molar-refractivity contribution in [2.45, 2.75) is 19.9 Å². The predicted molar refractivity (Wildman–Crippen MR) is 107 cm³/mol. The molecule has 0 saturated heterocycles. The van der Waals surface area contributed by atoms with Gasteiger partial charge in [0, 0.05) is 48.8 Å². The van der Waals surface area contributed by atoms with E-state index in [1.807, 2.05) is 30.0 Å². The fraction of sp³-hybridized carbons (Fsp3) is 0.273. The molecule has 0 bridgehead atoms. The normalized spacial score (nSPS) is 14.7. The van der Waals surface area contributed by atoms with Crippen LogP contribution in [0, 0.1) is 5.92 Å². The van der Waals surface area contributed by atoms with Crippen LogP contribution in [0.5, 0.6) is 0 Å². The molecule has 3 aromatic rings. The number of benzene rings is 2. The zero-order valence-corrected chi connectivity index (χ0v) is 15.5. The predicted octanol–water partition coefficient (Wildman–Crippen LogP) is 3.22. The molecule has 1 atom stereocenters. The van der Waals surface area contributed by atoms with Crippen LogP contribution in [0.3, 0.4) is 0 Å². The standard InChI is InChI=1S/C22H24N4O/c1-15(13-23)22(27)26-12-11-20-19(14-26)21(25-24-20)18-9-7-17(8-10-18)16-5-3-2-4-6-16/h2-10,15H,11-14,23H2,1H3,(H,24,25). The van der Waals surface area contributed by atoms with Crippen LogP contribution in [0.2, 0.25) is 0 Å². The minimum absolute atomic E-state index is 0.120. The lowest BCUT2D eigenvalue weighted by atomic mass is 9.98. The minimum atomic E-state index is -0.146. The molecule has 4 rings (SSSR count). The Kier molecular flexibility index (Phi) is 4.77. The summed E-state index contributed by atoms with van der Waals surface area (Å²) in [7, 11) is 0. The molecular formula is C22H24N4O. The first-order valence-corrected chi connectivity index (χ1v) is 9.38. The number of fused-ring (bicyclic) bond motifs is 1. The summed E-state index contributed by atoms with van der Waals surface area (Å²) in [4.78, 5) is 14.4. The SMILES string of the molecule is CC(CN)C(=O)N1CCc2[nH]nc(-c3ccc(-c4ccccc4)cc3)c2C1. The Balaban J connectivity index is 1.60. The van der Waals surface area contributed by atoms with Crippen molar-refractivity contribution in [2.24, 2.45) is 11.7 Å². The zero-order valence-electron chi connectivity index (χ0n) is 15.5. The maximum absolute atomic E-state index is 12.5. The second-order valence-corrected chi connectivity index (χ2v) is 7.12. The van der Waals surface area contributed by atoms with E-state index in [9.17, 15) is 4.79 Å². The Morgan fingerprint density at radius 2 is 1.78 bits per heavy atom. The molecule has 138 valence electrons. The number of hydrogen-bond acceptors (Lipinski definition) is 3. The highest BCUT2D eigenvalue weighted by Crippen LogP contribution is 2.30. The number of nitrogens with zero attached hydrogens (tertiary/aromatic N) is 2. The van der Waals surface area contributed by atoms with Gasteiger partial charge in [0.15, 0.2) is 0 Å². The van der Waals surface area contributed by atoms with Crippen LogP contribution in [0.25, 0.3) is 22.4 Å². The van der Waals surface area contributed by atoms with Gasteiger partial charge in [0.1, 0.15) is 0 Å². The molecule has 1 unspecified atom stereocenters. The summed E-state index contributed by atoms with van der Waals surface area (Å²) in [6.07, 6.45) is 0.799. The van der Waals surface area contributed by atoms with E-state index in [4.69, 9.17) is 5.73 Å². The molecule has 3 N–H and O–H groups in total. The van der Waals surface area contributed by atoms with E-state index in [1.54, 1.807) is 0 Å². The van der Waals surface area contributed by atoms with Crippen molar-refractivity contribution >= 4 is 5.91 Å². The summed E-state index contributed by atoms with van der Waals surface area (Å²) in [5.74, 6) is -0.0261. The third-order valence-corrected chi connectivity index (χ3v) is 5.29. The quantitative estimate of drug-likeness (QED) is 0.750. The zero-order chi connectivity index (χ0) is 18.8. The van der Waals surface area contributed by atoms with Crippen molar-refractivity contribution in [3.63, 3.8) is 0 Å². The van der Waals surface area contributed by atoms with Crippen LogP contribution in [0.1, 0.15) is 18.2 Å². The monoisotopic (exact) mass is 360 g/mol. The van der Waals surface area contributed by atoms with E-state index in [2.05, 4.69) is 46.6 Å². The fourth-order valence-electron chi connectivity index (χ4n) is 3.59. The van der Waals surface area contributed by atoms with Gasteiger partial charge in [-0.15, -0.1) is 0 Å². The lowest BCUT2D eigenvalue weighted by molar-refractivity contribution is -0.135. The molecule has 1 aromatic heterocycles. The van der Waals surface area contributed by atoms with E-state index >= 15 is 0 Å². The number of aromatic amines is 1. The Hall–Kier alpha value is -2.92. The van der Waals surface area contributed by atoms with E-state index in [1.165, 1.54) is 11.1 Å². The van der Waals surface area contributed by atoms with Gasteiger partial charge in [-0.1, -0.05) is 61.5 Å². The molecule has 27 heavy (non-hydrogen) atoms. The number of carbonyl (C=O) groups excluding carboxylic acids is 1. The molecule has 5 nitrogen and oxygen atoms in total. The van der Waals surface area contributed by atoms with Gasteiger partial charge in [0.25, 0.3) is 0 Å². The van der Waals surface area contributed by atoms with Crippen molar-refractivity contribution in [2.75, 3.05) is 13.1 Å². The number of hydrogen-bond donors (Lipinski definition) is 2. The summed E-state index contributed by atoms with van der Waals surface area (Å²) in [6, 6.07) is 18.8. The van der Waals surface area contributed by atoms with Crippen molar-refractivity contribution in [1.82, 2.24) is 15.1 Å². The first kappa shape index (κ1) is 17.5. The lowest BCUT2D eigenvalue weighted by Gasteiger charge is -2.29. The summed E-state index contributed by atoms with van der Waals surface area (Å²) >= 11 is 0. The van der Waals surface area contributed by atoms with E-state index < -0.39 is 0 Å². The molecule has 0 saturated carbocycles. The summed E-state index contributed by atoms with van der Waals surface area (Å²) in [5, 5.41) is 7.70. The van der Waals surface area contributed by atoms with E-state index in [0.29, 0.717) is 19.6 Å². The molecule has 0 aliphatic carbocycles. The molecular weight excluding hydrogens is 336 g/mol. The highest BCUT2D eigenvalue weighted by molar-refractivity contribution is 5.79. The molecule has 2 aromatic carbocycles. The van der Waals surface area contributed by atoms with Gasteiger partial charge in [-0.05, 0) is 11.1 Å². The molecule has 0 fully saturated rings. The molecule has 1 aliphatic heterocycles. The van der Waals surface area contributed by atoms with Crippen LogP contribution >= 0.6 is 0 Å². The average Bonchev–Trinajstić information content (AvgIpc) is 3.16. The maximum atomic E-state index is 12.5. The number of aromatic nitrogens is 2. The Bertz CT molecular complexity index is 931. The Labute approximate surface area is 159 Å². The molecule has 0 radical (unpaired) electrons. The molecule has 5 heteroatoms. The van der Waals surface area contributed by atoms with Gasteiger partial charge in [-0.2, -0.15) is 5.10 Å². The average molecular weight is 360 g/mol. The summed E-state index contributed by atoms with van der Waals surface area (Å²) in [6.45, 7) is 3.56. The van der Waals surface area contributed by atoms with Crippen LogP contribution in [0.15, 0.2) is 54.6 Å². The number of rotatable bonds is 4. The second kappa shape index (κ2) is 7.37. The number of nitrogens with two attached hydrogens (primary N) is 1. The van der Waals surface area contributed by atoms with Crippen molar-refractivity contribution in [3.05, 3.63) is 65.9 Å². The van der Waals surface area contributed by atoms with Gasteiger partial charge >= 0.3 is 0 Å². The van der Waals surface area contributed by atoms with E-state index in [-0.39, 0.29) is 11.8 Å². The maximum Gasteiger partial charge on any atom is 0.226 e. The van der Waals surface area contributed by atoms with Gasteiger partial charge in [0.2, 0.25) is 5.91 Å². The second-order valence-electron chi connectivity index (χ2n) is 7.12. The number of carbonyl (C=O) groups is 1. The van der Waals surface area contributed by atoms with Crippen LogP contribution in [-0.2, 0) is 17.8 Å². The summed E-state index contributed by atoms with van der Waals surface area (Å²) in [5.41, 5.74) is 12.3. The summed E-state index contributed by atoms with van der Waals surface area (Å²) < 4.78 is 0. The van der Waals surface area contributed by atoms with Gasteiger partial charge in [0.05, 0.1) is 5.69 Å². The van der Waals surface area contributed by atoms with E-state index in [0.717, 1.165) is 28.9 Å². The van der Waals surface area contributed by atoms with Crippen molar-refractivity contribution < 1.29 is 4.79 Å². The van der Waals surface area contributed by atoms with Crippen LogP contribution < -0.4 is 5.73 Å². The largest absolute Gasteiger partial charge is 0.338 e. The Morgan fingerprint density at radius 3 is 2.48 bits per heavy atom. The lowest BCUT2D eigenvalue weighted by Crippen LogP contribution is -2.41. The van der Waals surface area contributed by atoms with Crippen molar-refractivity contribution in [3.8, 4) is 22.4 Å². The number of amides is 1. The minimum Gasteiger partial charge on any atom is -0.338 e. The highest BCUT2D eigenvalue weighted by Gasteiger charge is 2.27. The van der Waals surface area contributed by atoms with Crippen LogP contribution in [0.4, 0.5) is 0 Å². The topological polar surface area (TPSA) is 75.0 Å². The molecule has 0 spiro atoms. The Morgan fingerprint density at radius 1 is 1.11 bits per heavy atom. The number of nitrogens with one attached hydrogen (secondary N) is 1. The molecule has 1 aliphatic rings. The first-order valence-electron chi connectivity index (χ1n) is 9.38.